The highest BCUT2D eigenvalue weighted by molar-refractivity contribution is 5.95. The van der Waals surface area contributed by atoms with Crippen molar-refractivity contribution < 1.29 is 4.79 Å². The highest BCUT2D eigenvalue weighted by Gasteiger charge is 2.13. The van der Waals surface area contributed by atoms with E-state index in [1.807, 2.05) is 30.8 Å². The second kappa shape index (κ2) is 9.43. The molecule has 0 radical (unpaired) electrons. The SMILES string of the molecule is Cc1cc(N)nc(C)c1CCC(=O)c1cnn(Cc2ccc(CN3CCCC3)cc2)c1. The van der Waals surface area contributed by atoms with E-state index in [9.17, 15) is 4.79 Å². The Hall–Kier alpha value is -2.99. The fourth-order valence-electron chi connectivity index (χ4n) is 4.38. The number of Topliss-reactive ketones (excluding diaryl/α,β-unsaturated/α-hetero) is 1. The summed E-state index contributed by atoms with van der Waals surface area (Å²) in [5.41, 5.74) is 12.1. The number of nitrogens with zero attached hydrogens (tertiary/aromatic N) is 4. The number of pyridine rings is 1. The van der Waals surface area contributed by atoms with Gasteiger partial charge in [-0.2, -0.15) is 5.10 Å². The number of nitrogens with two attached hydrogens (primary N) is 1. The molecule has 1 saturated heterocycles. The molecule has 6 nitrogen and oxygen atoms in total. The van der Waals surface area contributed by atoms with Crippen LogP contribution in [0.5, 0.6) is 0 Å². The highest BCUT2D eigenvalue weighted by atomic mass is 16.1. The normalized spacial score (nSPS) is 14.3. The van der Waals surface area contributed by atoms with E-state index in [-0.39, 0.29) is 5.78 Å². The number of carbonyl (C=O) groups excluding carboxylic acids is 1. The zero-order valence-electron chi connectivity index (χ0n) is 18.5. The zero-order valence-corrected chi connectivity index (χ0v) is 18.5. The summed E-state index contributed by atoms with van der Waals surface area (Å²) in [6.07, 6.45) is 7.24. The maximum atomic E-state index is 12.7. The zero-order chi connectivity index (χ0) is 21.8. The Kier molecular flexibility index (Phi) is 6.47. The first-order valence-corrected chi connectivity index (χ1v) is 11.1. The standard InChI is InChI=1S/C25H31N5O/c1-18-13-25(26)28-19(2)23(18)9-10-24(31)22-14-27-30(17-22)16-21-7-5-20(6-8-21)15-29-11-3-4-12-29/h5-8,13-14,17H,3-4,9-12,15-16H2,1-2H3,(H2,26,28). The molecule has 31 heavy (non-hydrogen) atoms. The van der Waals surface area contributed by atoms with E-state index in [4.69, 9.17) is 5.73 Å². The lowest BCUT2D eigenvalue weighted by Gasteiger charge is -2.14. The van der Waals surface area contributed by atoms with Gasteiger partial charge in [0.15, 0.2) is 5.78 Å². The van der Waals surface area contributed by atoms with E-state index >= 15 is 0 Å². The van der Waals surface area contributed by atoms with Crippen LogP contribution in [-0.4, -0.2) is 38.5 Å². The second-order valence-corrected chi connectivity index (χ2v) is 8.58. The number of aromatic nitrogens is 3. The molecule has 3 aromatic rings. The quantitative estimate of drug-likeness (QED) is 0.562. The Balaban J connectivity index is 1.33. The van der Waals surface area contributed by atoms with Crippen molar-refractivity contribution in [2.75, 3.05) is 18.8 Å². The molecule has 6 heteroatoms. The van der Waals surface area contributed by atoms with Gasteiger partial charge in [0.05, 0.1) is 18.3 Å². The molecule has 0 spiro atoms. The number of hydrogen-bond donors (Lipinski definition) is 1. The number of nitrogen functional groups attached to an aromatic ring is 1. The van der Waals surface area contributed by atoms with Crippen LogP contribution in [0.25, 0.3) is 0 Å². The van der Waals surface area contributed by atoms with Gasteiger partial charge in [-0.25, -0.2) is 4.98 Å². The molecular formula is C25H31N5O. The van der Waals surface area contributed by atoms with E-state index in [2.05, 4.69) is 39.2 Å². The number of carbonyl (C=O) groups is 1. The van der Waals surface area contributed by atoms with Gasteiger partial charge < -0.3 is 5.73 Å². The first kappa shape index (κ1) is 21.2. The second-order valence-electron chi connectivity index (χ2n) is 8.58. The first-order valence-electron chi connectivity index (χ1n) is 11.1. The minimum atomic E-state index is 0.0998. The van der Waals surface area contributed by atoms with E-state index in [0.29, 0.717) is 30.8 Å². The van der Waals surface area contributed by atoms with Crippen molar-refractivity contribution in [1.29, 1.82) is 0 Å². The Morgan fingerprint density at radius 3 is 2.42 bits per heavy atom. The van der Waals surface area contributed by atoms with Gasteiger partial charge in [-0.15, -0.1) is 0 Å². The molecule has 0 atom stereocenters. The van der Waals surface area contributed by atoms with Crippen molar-refractivity contribution in [2.24, 2.45) is 0 Å². The van der Waals surface area contributed by atoms with Crippen LogP contribution in [0.4, 0.5) is 5.82 Å². The highest BCUT2D eigenvalue weighted by Crippen LogP contribution is 2.18. The average molecular weight is 418 g/mol. The van der Waals surface area contributed by atoms with Gasteiger partial charge in [-0.1, -0.05) is 24.3 Å². The monoisotopic (exact) mass is 417 g/mol. The van der Waals surface area contributed by atoms with Gasteiger partial charge in [0, 0.05) is 24.9 Å². The van der Waals surface area contributed by atoms with Gasteiger partial charge in [-0.3, -0.25) is 14.4 Å². The van der Waals surface area contributed by atoms with Crippen LogP contribution in [-0.2, 0) is 19.5 Å². The summed E-state index contributed by atoms with van der Waals surface area (Å²) in [5.74, 6) is 0.623. The summed E-state index contributed by atoms with van der Waals surface area (Å²) in [6, 6.07) is 10.6. The third kappa shape index (κ3) is 5.39. The Labute approximate surface area is 184 Å². The molecule has 2 N–H and O–H groups in total. The Morgan fingerprint density at radius 1 is 1.06 bits per heavy atom. The van der Waals surface area contributed by atoms with E-state index in [1.165, 1.54) is 37.1 Å². The number of aryl methyl sites for hydroxylation is 2. The van der Waals surface area contributed by atoms with Crippen LogP contribution in [0, 0.1) is 13.8 Å². The molecule has 0 amide bonds. The van der Waals surface area contributed by atoms with E-state index in [1.54, 1.807) is 6.20 Å². The molecular weight excluding hydrogens is 386 g/mol. The predicted molar refractivity (Wildman–Crippen MR) is 123 cm³/mol. The number of ketones is 1. The molecule has 0 unspecified atom stereocenters. The molecule has 4 rings (SSSR count). The minimum absolute atomic E-state index is 0.0998. The third-order valence-corrected chi connectivity index (χ3v) is 6.10. The molecule has 0 bridgehead atoms. The van der Waals surface area contributed by atoms with Gasteiger partial charge in [-0.05, 0) is 74.5 Å². The van der Waals surface area contributed by atoms with Crippen molar-refractivity contribution in [3.8, 4) is 0 Å². The largest absolute Gasteiger partial charge is 0.384 e. The Morgan fingerprint density at radius 2 is 1.74 bits per heavy atom. The van der Waals surface area contributed by atoms with Gasteiger partial charge in [0.25, 0.3) is 0 Å². The predicted octanol–water partition coefficient (Wildman–Crippen LogP) is 3.94. The number of likely N-dealkylation sites (tertiary alicyclic amines) is 1. The van der Waals surface area contributed by atoms with Crippen LogP contribution in [0.1, 0.15) is 57.6 Å². The van der Waals surface area contributed by atoms with Crippen molar-refractivity contribution in [1.82, 2.24) is 19.7 Å². The summed E-state index contributed by atoms with van der Waals surface area (Å²) in [4.78, 5) is 19.5. The molecule has 3 heterocycles. The first-order chi connectivity index (χ1) is 15.0. The smallest absolute Gasteiger partial charge is 0.166 e. The van der Waals surface area contributed by atoms with Crippen LogP contribution in [0.2, 0.25) is 0 Å². The van der Waals surface area contributed by atoms with Crippen LogP contribution < -0.4 is 5.73 Å². The summed E-state index contributed by atoms with van der Waals surface area (Å²) < 4.78 is 1.84. The summed E-state index contributed by atoms with van der Waals surface area (Å²) >= 11 is 0. The number of anilines is 1. The maximum Gasteiger partial charge on any atom is 0.166 e. The molecule has 2 aromatic heterocycles. The van der Waals surface area contributed by atoms with Gasteiger partial charge in [0.2, 0.25) is 0 Å². The van der Waals surface area contributed by atoms with Crippen molar-refractivity contribution in [2.45, 2.75) is 52.6 Å². The van der Waals surface area contributed by atoms with Gasteiger partial charge in [0.1, 0.15) is 5.82 Å². The molecule has 0 saturated carbocycles. The summed E-state index contributed by atoms with van der Waals surface area (Å²) in [7, 11) is 0. The average Bonchev–Trinajstić information content (AvgIpc) is 3.41. The third-order valence-electron chi connectivity index (χ3n) is 6.10. The molecule has 1 aromatic carbocycles. The van der Waals surface area contributed by atoms with Crippen LogP contribution in [0.15, 0.2) is 42.7 Å². The van der Waals surface area contributed by atoms with Crippen LogP contribution >= 0.6 is 0 Å². The lowest BCUT2D eigenvalue weighted by Crippen LogP contribution is -2.18. The molecule has 0 aliphatic carbocycles. The van der Waals surface area contributed by atoms with Crippen molar-refractivity contribution in [3.63, 3.8) is 0 Å². The Bertz CT molecular complexity index is 1030. The maximum absolute atomic E-state index is 12.7. The lowest BCUT2D eigenvalue weighted by molar-refractivity contribution is 0.0982. The molecule has 1 aliphatic rings. The fourth-order valence-corrected chi connectivity index (χ4v) is 4.38. The number of benzene rings is 1. The number of hydrogen-bond acceptors (Lipinski definition) is 5. The van der Waals surface area contributed by atoms with E-state index < -0.39 is 0 Å². The van der Waals surface area contributed by atoms with E-state index in [0.717, 1.165) is 23.4 Å². The molecule has 162 valence electrons. The molecule has 1 aliphatic heterocycles. The summed E-state index contributed by atoms with van der Waals surface area (Å²) in [6.45, 7) is 8.07. The number of rotatable bonds is 8. The molecule has 1 fully saturated rings. The summed E-state index contributed by atoms with van der Waals surface area (Å²) in [5, 5.41) is 4.40. The van der Waals surface area contributed by atoms with Crippen molar-refractivity contribution >= 4 is 11.6 Å². The lowest BCUT2D eigenvalue weighted by atomic mass is 10.00. The van der Waals surface area contributed by atoms with Gasteiger partial charge >= 0.3 is 0 Å². The fraction of sp³-hybridized carbons (Fsp3) is 0.400. The van der Waals surface area contributed by atoms with Crippen LogP contribution in [0.3, 0.4) is 0 Å². The minimum Gasteiger partial charge on any atom is -0.384 e. The topological polar surface area (TPSA) is 77.0 Å². The van der Waals surface area contributed by atoms with Crippen molar-refractivity contribution in [3.05, 3.63) is 76.2 Å².